The summed E-state index contributed by atoms with van der Waals surface area (Å²) < 4.78 is 0. The summed E-state index contributed by atoms with van der Waals surface area (Å²) in [4.78, 5) is 0. The second-order valence-electron chi connectivity index (χ2n) is 20.9. The van der Waals surface area contributed by atoms with Crippen LogP contribution in [0.2, 0.25) is 0 Å². The Hall–Kier alpha value is -4.97. The molecule has 0 radical (unpaired) electrons. The Balaban J connectivity index is 0.000000393. The summed E-state index contributed by atoms with van der Waals surface area (Å²) in [6, 6.07) is 59.1. The number of aromatic hydroxyl groups is 2. The summed E-state index contributed by atoms with van der Waals surface area (Å²) in [6.07, 6.45) is 7.94. The Morgan fingerprint density at radius 1 is 0.449 bits per heavy atom. The van der Waals surface area contributed by atoms with Gasteiger partial charge >= 0.3 is 341 Å². The molecule has 1 saturated carbocycles. The number of benzene rings is 8. The van der Waals surface area contributed by atoms with Crippen molar-refractivity contribution in [2.75, 3.05) is 0 Å². The molecule has 1 heterocycles. The molecule has 4 atom stereocenters. The average Bonchev–Trinajstić information content (AvgIpc) is 3.63. The molecule has 69 heavy (non-hydrogen) atoms. The first-order valence-corrected chi connectivity index (χ1v) is 31.5. The number of hydrogen-bond donors (Lipinski definition) is 2. The van der Waals surface area contributed by atoms with Crippen molar-refractivity contribution in [3.8, 4) is 33.8 Å². The molecular formula is C64H70O2S2Ti-2. The van der Waals surface area contributed by atoms with Crippen molar-refractivity contribution in [1.29, 1.82) is 0 Å². The Bertz CT molecular complexity index is 2900. The van der Waals surface area contributed by atoms with Crippen LogP contribution in [0.5, 0.6) is 11.5 Å². The van der Waals surface area contributed by atoms with E-state index in [0.29, 0.717) is 22.0 Å². The smallest absolute Gasteiger partial charge is 0.0866 e. The van der Waals surface area contributed by atoms with Gasteiger partial charge in [-0.15, -0.1) is 24.3 Å². The molecule has 2 nitrogen and oxygen atoms in total. The fourth-order valence-corrected chi connectivity index (χ4v) is 30.5. The molecule has 1 aliphatic heterocycles. The zero-order chi connectivity index (χ0) is 48.7. The molecular weight excluding hydrogens is 913 g/mol. The maximum absolute atomic E-state index is 12.3. The van der Waals surface area contributed by atoms with Gasteiger partial charge in [0.1, 0.15) is 0 Å². The van der Waals surface area contributed by atoms with E-state index in [4.69, 9.17) is 0 Å². The largest absolute Gasteiger partial charge is 0.199 e. The van der Waals surface area contributed by atoms with Crippen molar-refractivity contribution in [3.63, 3.8) is 0 Å². The standard InChI is InChI=1S/C50H56O2S2.2C7H7.Ti/c1-49(2,3)37-27-35(47(51)43(29-37)41-23-15-19-33-17-11-13-21-39(33)41)31-53-45-25-9-7-8-10-26-46(45)54-32-36-28-38(50(4,5)6)30-44(48(36)52)42-24-16-20-34-18-12-14-22-40(34)42;2*1-7-5-3-2-4-6-7;/h11-24,27-30,45-46,51-52H,7-10,25-26,31-32H2,1-6H3;2*2-6H,1H2;/q;2*-1;/t45-,46?;;;/m0.../s1. The minimum atomic E-state index is -0.362. The van der Waals surface area contributed by atoms with Gasteiger partial charge in [-0.25, -0.2) is 0 Å². The molecule has 2 unspecified atom stereocenters. The van der Waals surface area contributed by atoms with E-state index in [1.807, 2.05) is 60.7 Å². The van der Waals surface area contributed by atoms with E-state index in [2.05, 4.69) is 165 Å². The van der Waals surface area contributed by atoms with E-state index < -0.39 is 0 Å². The van der Waals surface area contributed by atoms with Crippen LogP contribution in [-0.2, 0) is 37.8 Å². The van der Waals surface area contributed by atoms with E-state index in [9.17, 15) is 10.2 Å². The number of hydrogen-bond acceptors (Lipinski definition) is 2. The van der Waals surface area contributed by atoms with Gasteiger partial charge in [-0.2, -0.15) is 49.2 Å². The summed E-state index contributed by atoms with van der Waals surface area (Å²) >= 11 is -0.362. The van der Waals surface area contributed by atoms with Crippen LogP contribution in [0.15, 0.2) is 170 Å². The van der Waals surface area contributed by atoms with Gasteiger partial charge in [0.05, 0.1) is 0 Å². The maximum atomic E-state index is 12.3. The van der Waals surface area contributed by atoms with Gasteiger partial charge in [-0.1, -0.05) is 12.1 Å². The Morgan fingerprint density at radius 2 is 0.812 bits per heavy atom. The molecule has 2 aliphatic rings. The number of phenolic OH excluding ortho intramolecular Hbond substituents is 2. The average molecular weight is 983 g/mol. The topological polar surface area (TPSA) is 40.5 Å². The van der Waals surface area contributed by atoms with Crippen molar-refractivity contribution in [1.82, 2.24) is 0 Å². The van der Waals surface area contributed by atoms with Crippen LogP contribution in [-0.4, -0.2) is 20.7 Å². The molecule has 0 saturated heterocycles. The molecule has 0 bridgehead atoms. The third kappa shape index (κ3) is 12.3. The SMILES string of the molecule is CC(C)(C)c1cc(C[S]2=[Ti]=[S@@](Cc3cc(C(C)(C)C)cc(-c4cccc5ccccc45)c3O)C3CCCCCC[C@@H]32)c(O)c(-c2cccc3ccccc23)c1.[CH2-]c1ccccc1.[CH2-]c1ccccc1. The van der Waals surface area contributed by atoms with E-state index in [0.717, 1.165) is 56.0 Å². The summed E-state index contributed by atoms with van der Waals surface area (Å²) in [6.45, 7) is 21.2. The van der Waals surface area contributed by atoms with Crippen LogP contribution in [0, 0.1) is 13.8 Å². The predicted octanol–water partition coefficient (Wildman–Crippen LogP) is 18.3. The van der Waals surface area contributed by atoms with E-state index >= 15 is 0 Å². The molecule has 0 spiro atoms. The summed E-state index contributed by atoms with van der Waals surface area (Å²) in [5.41, 5.74) is 11.1. The first kappa shape index (κ1) is 50.4. The van der Waals surface area contributed by atoms with Crippen LogP contribution in [0.3, 0.4) is 0 Å². The quantitative estimate of drug-likeness (QED) is 0.129. The van der Waals surface area contributed by atoms with Crippen molar-refractivity contribution < 1.29 is 25.7 Å². The zero-order valence-corrected chi connectivity index (χ0v) is 44.8. The van der Waals surface area contributed by atoms with Gasteiger partial charge in [0, 0.05) is 0 Å². The van der Waals surface area contributed by atoms with Crippen LogP contribution in [0.4, 0.5) is 0 Å². The third-order valence-corrected chi connectivity index (χ3v) is 29.6. The molecule has 0 amide bonds. The third-order valence-electron chi connectivity index (χ3n) is 13.7. The molecule has 2 N–H and O–H groups in total. The Kier molecular flexibility index (Phi) is 16.4. The molecule has 356 valence electrons. The molecule has 8 aromatic rings. The summed E-state index contributed by atoms with van der Waals surface area (Å²) in [5.74, 6) is 2.92. The second kappa shape index (κ2) is 22.4. The first-order valence-electron chi connectivity index (χ1n) is 24.7. The van der Waals surface area contributed by atoms with Crippen LogP contribution >= 0.6 is 15.9 Å². The van der Waals surface area contributed by atoms with Gasteiger partial charge in [0.15, 0.2) is 0 Å². The van der Waals surface area contributed by atoms with Crippen molar-refractivity contribution in [3.05, 3.63) is 217 Å². The number of phenols is 2. The van der Waals surface area contributed by atoms with Gasteiger partial charge < -0.3 is 0 Å². The van der Waals surface area contributed by atoms with Crippen molar-refractivity contribution in [2.24, 2.45) is 0 Å². The van der Waals surface area contributed by atoms with Gasteiger partial charge in [-0.3, -0.25) is 0 Å². The Morgan fingerprint density at radius 3 is 1.17 bits per heavy atom. The molecule has 8 aromatic carbocycles. The van der Waals surface area contributed by atoms with Gasteiger partial charge in [0.2, 0.25) is 0 Å². The predicted molar refractivity (Wildman–Crippen MR) is 299 cm³/mol. The number of rotatable bonds is 6. The molecule has 5 heteroatoms. The van der Waals surface area contributed by atoms with E-state index in [-0.39, 0.29) is 42.2 Å². The fraction of sp³-hybridized carbons (Fsp3) is 0.281. The van der Waals surface area contributed by atoms with Crippen molar-refractivity contribution >= 4 is 37.5 Å². The van der Waals surface area contributed by atoms with E-state index in [1.54, 1.807) is 0 Å². The van der Waals surface area contributed by atoms with Crippen molar-refractivity contribution in [2.45, 2.75) is 113 Å². The fourth-order valence-electron chi connectivity index (χ4n) is 9.70. The molecule has 0 aromatic heterocycles. The normalized spacial score (nSPS) is 18.0. The molecule has 10 rings (SSSR count). The van der Waals surface area contributed by atoms with Gasteiger partial charge in [-0.05, 0) is 0 Å². The summed E-state index contributed by atoms with van der Waals surface area (Å²) in [5, 5.41) is 30.8. The first-order chi connectivity index (χ1) is 33.2. The zero-order valence-electron chi connectivity index (χ0n) is 41.6. The van der Waals surface area contributed by atoms with Crippen LogP contribution in [0.25, 0.3) is 43.8 Å². The second-order valence-corrected chi connectivity index (χ2v) is 32.3. The van der Waals surface area contributed by atoms with E-state index in [1.165, 1.54) is 71.2 Å². The van der Waals surface area contributed by atoms with Crippen LogP contribution < -0.4 is 0 Å². The Labute approximate surface area is 423 Å². The molecule has 1 fully saturated rings. The minimum Gasteiger partial charge on any atom is -0.199 e. The van der Waals surface area contributed by atoms with Crippen LogP contribution in [0.1, 0.15) is 113 Å². The van der Waals surface area contributed by atoms with Gasteiger partial charge in [0.25, 0.3) is 0 Å². The maximum Gasteiger partial charge on any atom is -0.0866 e. The number of fused-ring (bicyclic) bond motifs is 3. The monoisotopic (exact) mass is 982 g/mol. The summed E-state index contributed by atoms with van der Waals surface area (Å²) in [7, 11) is 0.505. The molecule has 1 aliphatic carbocycles. The minimum absolute atomic E-state index is 0.0404.